The van der Waals surface area contributed by atoms with Crippen molar-refractivity contribution in [1.29, 1.82) is 0 Å². The van der Waals surface area contributed by atoms with Gasteiger partial charge in [-0.25, -0.2) is 0 Å². The number of H-pyrrole nitrogens is 1. The fraction of sp³-hybridized carbons (Fsp3) is 0. The van der Waals surface area contributed by atoms with Crippen molar-refractivity contribution in [2.75, 3.05) is 0 Å². The van der Waals surface area contributed by atoms with Crippen LogP contribution in [0.25, 0.3) is 11.4 Å². The first-order chi connectivity index (χ1) is 11.1. The first-order valence-electron chi connectivity index (χ1n) is 6.50. The van der Waals surface area contributed by atoms with Crippen LogP contribution in [0.3, 0.4) is 0 Å². The number of aromatic amines is 1. The van der Waals surface area contributed by atoms with Gasteiger partial charge < -0.3 is 5.11 Å². The number of hydrogen-bond acceptors (Lipinski definition) is 7. The minimum absolute atomic E-state index is 0.000469. The van der Waals surface area contributed by atoms with E-state index in [1.807, 2.05) is 0 Å². The van der Waals surface area contributed by atoms with E-state index >= 15 is 0 Å². The molecule has 2 N–H and O–H groups in total. The van der Waals surface area contributed by atoms with Gasteiger partial charge in [-0.2, -0.15) is 4.98 Å². The second kappa shape index (κ2) is 6.02. The van der Waals surface area contributed by atoms with Gasteiger partial charge in [0.05, 0.1) is 10.6 Å². The van der Waals surface area contributed by atoms with Gasteiger partial charge in [-0.05, 0) is 36.4 Å². The summed E-state index contributed by atoms with van der Waals surface area (Å²) in [6.45, 7) is 0. The molecule has 0 fully saturated rings. The van der Waals surface area contributed by atoms with Crippen LogP contribution in [0.1, 0.15) is 0 Å². The average Bonchev–Trinajstić information content (AvgIpc) is 3.03. The Balaban J connectivity index is 1.77. The lowest BCUT2D eigenvalue weighted by Gasteiger charge is -1.94. The molecule has 0 saturated heterocycles. The van der Waals surface area contributed by atoms with E-state index in [2.05, 4.69) is 25.4 Å². The van der Waals surface area contributed by atoms with Crippen LogP contribution in [-0.2, 0) is 0 Å². The highest BCUT2D eigenvalue weighted by atomic mass is 16.6. The largest absolute Gasteiger partial charge is 0.508 e. The molecule has 2 aromatic carbocycles. The summed E-state index contributed by atoms with van der Waals surface area (Å²) in [5, 5.41) is 34.2. The molecule has 114 valence electrons. The van der Waals surface area contributed by atoms with Crippen LogP contribution in [-0.4, -0.2) is 25.2 Å². The van der Waals surface area contributed by atoms with E-state index in [1.165, 1.54) is 24.3 Å². The number of aromatic hydroxyl groups is 1. The first-order valence-corrected chi connectivity index (χ1v) is 6.50. The summed E-state index contributed by atoms with van der Waals surface area (Å²) in [5.74, 6) is 0.702. The third-order valence-electron chi connectivity index (χ3n) is 2.93. The van der Waals surface area contributed by atoms with E-state index in [1.54, 1.807) is 24.3 Å². The molecule has 1 heterocycles. The fourth-order valence-electron chi connectivity index (χ4n) is 1.79. The number of phenols is 1. The number of nitro groups is 1. The molecule has 0 aliphatic rings. The maximum atomic E-state index is 10.6. The number of nitrogens with one attached hydrogen (secondary N) is 1. The zero-order chi connectivity index (χ0) is 16.2. The van der Waals surface area contributed by atoms with Gasteiger partial charge >= 0.3 is 0 Å². The summed E-state index contributed by atoms with van der Waals surface area (Å²) in [6, 6.07) is 12.1. The van der Waals surface area contributed by atoms with Crippen molar-refractivity contribution in [2.24, 2.45) is 10.2 Å². The van der Waals surface area contributed by atoms with Gasteiger partial charge in [-0.3, -0.25) is 15.2 Å². The van der Waals surface area contributed by atoms with E-state index in [0.29, 0.717) is 17.1 Å². The van der Waals surface area contributed by atoms with E-state index in [9.17, 15) is 15.2 Å². The van der Waals surface area contributed by atoms with E-state index < -0.39 is 4.92 Å². The van der Waals surface area contributed by atoms with E-state index in [4.69, 9.17) is 0 Å². The van der Waals surface area contributed by atoms with Gasteiger partial charge in [-0.15, -0.1) is 15.3 Å². The number of aromatic nitrogens is 3. The van der Waals surface area contributed by atoms with Crippen molar-refractivity contribution in [1.82, 2.24) is 15.2 Å². The number of phenolic OH excluding ortho intramolecular Hbond substituents is 1. The molecule has 0 spiro atoms. The van der Waals surface area contributed by atoms with Crippen molar-refractivity contribution in [3.05, 3.63) is 58.6 Å². The smallest absolute Gasteiger partial charge is 0.287 e. The van der Waals surface area contributed by atoms with Gasteiger partial charge in [0.25, 0.3) is 11.6 Å². The summed E-state index contributed by atoms with van der Waals surface area (Å²) in [5.41, 5.74) is 1.19. The molecule has 0 aliphatic heterocycles. The predicted molar refractivity (Wildman–Crippen MR) is 80.8 cm³/mol. The highest BCUT2D eigenvalue weighted by molar-refractivity contribution is 5.57. The average molecular weight is 310 g/mol. The van der Waals surface area contributed by atoms with Crippen molar-refractivity contribution >= 4 is 17.3 Å². The molecular weight excluding hydrogens is 300 g/mol. The maximum Gasteiger partial charge on any atom is 0.287 e. The summed E-state index contributed by atoms with van der Waals surface area (Å²) >= 11 is 0. The minimum atomic E-state index is -0.471. The lowest BCUT2D eigenvalue weighted by Crippen LogP contribution is -1.87. The highest BCUT2D eigenvalue weighted by Gasteiger charge is 2.08. The standard InChI is InChI=1S/C14H10N6O3/c21-12-7-3-10(4-8-12)16-18-14-15-13(17-19-14)9-1-5-11(6-2-9)20(22)23/h1-8,21H,(H,15,17,19). The molecule has 9 nitrogen and oxygen atoms in total. The van der Waals surface area contributed by atoms with Crippen molar-refractivity contribution < 1.29 is 10.0 Å². The minimum Gasteiger partial charge on any atom is -0.508 e. The van der Waals surface area contributed by atoms with Crippen LogP contribution in [0.2, 0.25) is 0 Å². The monoisotopic (exact) mass is 310 g/mol. The number of nitrogens with zero attached hydrogens (tertiary/aromatic N) is 5. The zero-order valence-corrected chi connectivity index (χ0v) is 11.6. The van der Waals surface area contributed by atoms with Gasteiger partial charge in [0.1, 0.15) is 5.75 Å². The van der Waals surface area contributed by atoms with Crippen LogP contribution >= 0.6 is 0 Å². The highest BCUT2D eigenvalue weighted by Crippen LogP contribution is 2.22. The molecule has 0 aliphatic carbocycles. The van der Waals surface area contributed by atoms with Crippen molar-refractivity contribution in [2.45, 2.75) is 0 Å². The van der Waals surface area contributed by atoms with Crippen LogP contribution < -0.4 is 0 Å². The van der Waals surface area contributed by atoms with Gasteiger partial charge in [0, 0.05) is 17.7 Å². The Bertz CT molecular complexity index is 855. The Labute approximate surface area is 129 Å². The third kappa shape index (κ3) is 3.35. The number of non-ortho nitro benzene ring substituents is 1. The summed E-state index contributed by atoms with van der Waals surface area (Å²) < 4.78 is 0. The molecular formula is C14H10N6O3. The predicted octanol–water partition coefficient (Wildman–Crippen LogP) is 3.50. The SMILES string of the molecule is O=[N+]([O-])c1ccc(-c2nc(N=Nc3ccc(O)cc3)n[nH]2)cc1. The van der Waals surface area contributed by atoms with Crippen LogP contribution in [0.4, 0.5) is 17.3 Å². The number of azo groups is 1. The van der Waals surface area contributed by atoms with E-state index in [0.717, 1.165) is 0 Å². The van der Waals surface area contributed by atoms with Crippen LogP contribution in [0.5, 0.6) is 5.75 Å². The second-order valence-corrected chi connectivity index (χ2v) is 4.50. The quantitative estimate of drug-likeness (QED) is 0.432. The summed E-state index contributed by atoms with van der Waals surface area (Å²) in [4.78, 5) is 14.3. The van der Waals surface area contributed by atoms with Gasteiger partial charge in [0.2, 0.25) is 0 Å². The molecule has 0 bridgehead atoms. The van der Waals surface area contributed by atoms with Crippen molar-refractivity contribution in [3.63, 3.8) is 0 Å². The van der Waals surface area contributed by atoms with Gasteiger partial charge in [0.15, 0.2) is 5.82 Å². The second-order valence-electron chi connectivity index (χ2n) is 4.50. The van der Waals surface area contributed by atoms with Gasteiger partial charge in [-0.1, -0.05) is 0 Å². The molecule has 9 heteroatoms. The Morgan fingerprint density at radius 2 is 1.74 bits per heavy atom. The fourth-order valence-corrected chi connectivity index (χ4v) is 1.79. The Kier molecular flexibility index (Phi) is 3.75. The molecule has 0 unspecified atom stereocenters. The number of nitro benzene ring substituents is 1. The normalized spacial score (nSPS) is 11.0. The lowest BCUT2D eigenvalue weighted by atomic mass is 10.2. The molecule has 3 aromatic rings. The van der Waals surface area contributed by atoms with Crippen LogP contribution in [0.15, 0.2) is 58.8 Å². The van der Waals surface area contributed by atoms with E-state index in [-0.39, 0.29) is 17.4 Å². The molecule has 0 radical (unpaired) electrons. The maximum absolute atomic E-state index is 10.6. The topological polar surface area (TPSA) is 130 Å². The molecule has 3 rings (SSSR count). The lowest BCUT2D eigenvalue weighted by molar-refractivity contribution is -0.384. The number of hydrogen-bond donors (Lipinski definition) is 2. The zero-order valence-electron chi connectivity index (χ0n) is 11.6. The molecule has 0 amide bonds. The molecule has 1 aromatic heterocycles. The Morgan fingerprint density at radius 1 is 1.04 bits per heavy atom. The molecule has 0 saturated carbocycles. The first kappa shape index (κ1) is 14.3. The number of benzene rings is 2. The number of rotatable bonds is 4. The summed E-state index contributed by atoms with van der Waals surface area (Å²) in [6.07, 6.45) is 0. The third-order valence-corrected chi connectivity index (χ3v) is 2.93. The Hall–Kier alpha value is -3.62. The van der Waals surface area contributed by atoms with Crippen LogP contribution in [0, 0.1) is 10.1 Å². The molecule has 0 atom stereocenters. The van der Waals surface area contributed by atoms with Crippen molar-refractivity contribution in [3.8, 4) is 17.1 Å². The molecule has 23 heavy (non-hydrogen) atoms. The summed E-state index contributed by atoms with van der Waals surface area (Å²) in [7, 11) is 0. The Morgan fingerprint density at radius 3 is 2.39 bits per heavy atom.